The van der Waals surface area contributed by atoms with Crippen molar-refractivity contribution in [2.45, 2.75) is 44.1 Å². The molecule has 2 fully saturated rings. The Morgan fingerprint density at radius 3 is 3.03 bits per heavy atom. The van der Waals surface area contributed by atoms with E-state index < -0.39 is 5.82 Å². The molecule has 3 aliphatic heterocycles. The van der Waals surface area contributed by atoms with Gasteiger partial charge in [0.05, 0.1) is 25.8 Å². The summed E-state index contributed by atoms with van der Waals surface area (Å²) >= 11 is 0. The molecule has 1 saturated heterocycles. The second-order valence-corrected chi connectivity index (χ2v) is 8.05. The van der Waals surface area contributed by atoms with Gasteiger partial charge in [0.25, 0.3) is 0 Å². The van der Waals surface area contributed by atoms with Crippen LogP contribution in [0.15, 0.2) is 23.0 Å². The number of hydrogen-bond acceptors (Lipinski definition) is 7. The summed E-state index contributed by atoms with van der Waals surface area (Å²) in [6.45, 7) is 2.17. The van der Waals surface area contributed by atoms with Crippen LogP contribution in [0.1, 0.15) is 24.8 Å². The fourth-order valence-corrected chi connectivity index (χ4v) is 4.23. The van der Waals surface area contributed by atoms with Crippen molar-refractivity contribution in [1.29, 1.82) is 0 Å². The predicted molar refractivity (Wildman–Crippen MR) is 99.0 cm³/mol. The first-order valence-corrected chi connectivity index (χ1v) is 9.84. The van der Waals surface area contributed by atoms with Crippen LogP contribution in [0.25, 0.3) is 0 Å². The zero-order chi connectivity index (χ0) is 19.6. The van der Waals surface area contributed by atoms with Gasteiger partial charge in [-0.15, -0.1) is 0 Å². The zero-order valence-corrected chi connectivity index (χ0v) is 15.7. The Balaban J connectivity index is 1.24. The number of fused-ring (bicyclic) bond motifs is 4. The van der Waals surface area contributed by atoms with Gasteiger partial charge in [-0.05, 0) is 30.5 Å². The van der Waals surface area contributed by atoms with E-state index in [2.05, 4.69) is 4.98 Å². The van der Waals surface area contributed by atoms with Gasteiger partial charge in [0, 0.05) is 12.5 Å². The van der Waals surface area contributed by atoms with Crippen LogP contribution in [0.5, 0.6) is 17.4 Å². The van der Waals surface area contributed by atoms with Gasteiger partial charge in [-0.1, -0.05) is 0 Å². The van der Waals surface area contributed by atoms with E-state index in [4.69, 9.17) is 18.9 Å². The van der Waals surface area contributed by atoms with Crippen LogP contribution in [0.4, 0.5) is 10.2 Å². The molecule has 1 spiro atoms. The minimum Gasteiger partial charge on any atom is -0.489 e. The Labute approximate surface area is 165 Å². The van der Waals surface area contributed by atoms with Crippen molar-refractivity contribution >= 4 is 5.82 Å². The lowest BCUT2D eigenvalue weighted by Crippen LogP contribution is -2.26. The lowest BCUT2D eigenvalue weighted by Gasteiger charge is -2.16. The molecule has 9 heteroatoms. The molecule has 152 valence electrons. The van der Waals surface area contributed by atoms with Crippen molar-refractivity contribution in [2.75, 3.05) is 24.8 Å². The van der Waals surface area contributed by atoms with Gasteiger partial charge < -0.3 is 23.8 Å². The van der Waals surface area contributed by atoms with Gasteiger partial charge in [-0.3, -0.25) is 4.57 Å². The summed E-state index contributed by atoms with van der Waals surface area (Å²) in [7, 11) is 0. The highest BCUT2D eigenvalue weighted by molar-refractivity contribution is 5.48. The Kier molecular flexibility index (Phi) is 3.59. The van der Waals surface area contributed by atoms with Crippen molar-refractivity contribution in [3.63, 3.8) is 0 Å². The molecule has 4 aliphatic rings. The fraction of sp³-hybridized carbons (Fsp3) is 0.500. The number of halogens is 1. The summed E-state index contributed by atoms with van der Waals surface area (Å²) < 4.78 is 39.1. The van der Waals surface area contributed by atoms with Crippen molar-refractivity contribution in [3.8, 4) is 17.4 Å². The van der Waals surface area contributed by atoms with E-state index in [1.165, 1.54) is 6.07 Å². The van der Waals surface area contributed by atoms with E-state index in [0.717, 1.165) is 25.1 Å². The predicted octanol–water partition coefficient (Wildman–Crippen LogP) is 1.83. The molecule has 1 atom stereocenters. The SMILES string of the molecule is O=c1nc(OCc2cc(F)c3c(c2)OCCC2(CC2)O3)cc2n1C[C@H]1COCN21. The van der Waals surface area contributed by atoms with E-state index >= 15 is 0 Å². The molecule has 0 amide bonds. The molecule has 29 heavy (non-hydrogen) atoms. The average molecular weight is 401 g/mol. The van der Waals surface area contributed by atoms with Gasteiger partial charge >= 0.3 is 5.69 Å². The van der Waals surface area contributed by atoms with Crippen LogP contribution in [0.3, 0.4) is 0 Å². The third-order valence-corrected chi connectivity index (χ3v) is 6.03. The maximum atomic E-state index is 14.7. The van der Waals surface area contributed by atoms with Gasteiger partial charge in [0.2, 0.25) is 5.88 Å². The van der Waals surface area contributed by atoms with Crippen LogP contribution < -0.4 is 24.8 Å². The molecule has 0 radical (unpaired) electrons. The summed E-state index contributed by atoms with van der Waals surface area (Å²) in [6.07, 6.45) is 2.63. The first-order valence-electron chi connectivity index (χ1n) is 9.84. The highest BCUT2D eigenvalue weighted by atomic mass is 19.1. The number of benzene rings is 1. The monoisotopic (exact) mass is 401 g/mol. The summed E-state index contributed by atoms with van der Waals surface area (Å²) in [4.78, 5) is 18.4. The topological polar surface area (TPSA) is 75.0 Å². The summed E-state index contributed by atoms with van der Waals surface area (Å²) in [5.74, 6) is 1.05. The van der Waals surface area contributed by atoms with Crippen molar-refractivity contribution in [1.82, 2.24) is 9.55 Å². The largest absolute Gasteiger partial charge is 0.489 e. The number of rotatable bonds is 3. The lowest BCUT2D eigenvalue weighted by atomic mass is 10.2. The number of aromatic nitrogens is 2. The molecule has 8 nitrogen and oxygen atoms in total. The second-order valence-electron chi connectivity index (χ2n) is 8.05. The van der Waals surface area contributed by atoms with Crippen LogP contribution in [0.2, 0.25) is 0 Å². The zero-order valence-electron chi connectivity index (χ0n) is 15.7. The number of ether oxygens (including phenoxy) is 4. The summed E-state index contributed by atoms with van der Waals surface area (Å²) in [6, 6.07) is 5.00. The van der Waals surface area contributed by atoms with Crippen LogP contribution in [-0.2, 0) is 17.9 Å². The maximum Gasteiger partial charge on any atom is 0.352 e. The van der Waals surface area contributed by atoms with Crippen molar-refractivity contribution < 1.29 is 23.3 Å². The van der Waals surface area contributed by atoms with Gasteiger partial charge in [-0.25, -0.2) is 9.18 Å². The molecule has 1 aromatic carbocycles. The quantitative estimate of drug-likeness (QED) is 0.777. The van der Waals surface area contributed by atoms with Crippen molar-refractivity contribution in [2.24, 2.45) is 0 Å². The van der Waals surface area contributed by atoms with E-state index in [1.807, 2.05) is 4.90 Å². The number of nitrogens with zero attached hydrogens (tertiary/aromatic N) is 3. The minimum absolute atomic E-state index is 0.0640. The van der Waals surface area contributed by atoms with E-state index in [9.17, 15) is 9.18 Å². The number of hydrogen-bond donors (Lipinski definition) is 0. The third-order valence-electron chi connectivity index (χ3n) is 6.03. The highest BCUT2D eigenvalue weighted by Gasteiger charge is 2.47. The second kappa shape index (κ2) is 6.09. The molecule has 6 rings (SSSR count). The normalized spacial score (nSPS) is 22.9. The van der Waals surface area contributed by atoms with E-state index in [-0.39, 0.29) is 35.6 Å². The summed E-state index contributed by atoms with van der Waals surface area (Å²) in [5, 5.41) is 0. The fourth-order valence-electron chi connectivity index (χ4n) is 4.23. The molecule has 0 unspecified atom stereocenters. The van der Waals surface area contributed by atoms with Gasteiger partial charge in [0.15, 0.2) is 17.3 Å². The van der Waals surface area contributed by atoms with Crippen LogP contribution in [-0.4, -0.2) is 41.1 Å². The Morgan fingerprint density at radius 1 is 1.28 bits per heavy atom. The van der Waals surface area contributed by atoms with Gasteiger partial charge in [-0.2, -0.15) is 4.98 Å². The smallest absolute Gasteiger partial charge is 0.352 e. The molecule has 4 heterocycles. The van der Waals surface area contributed by atoms with E-state index in [1.54, 1.807) is 16.7 Å². The van der Waals surface area contributed by atoms with Crippen LogP contribution >= 0.6 is 0 Å². The standard InChI is InChI=1S/C20H20FN3O5/c21-14-5-12(6-15-18(14)29-20(1-2-20)3-4-27-15)9-28-16-7-17-23(19(25)22-16)8-13-10-26-11-24(13)17/h5-7,13H,1-4,8-11H2/t13-/m0/s1. The average Bonchev–Trinajstić information content (AvgIpc) is 3.21. The Hall–Kier alpha value is -2.81. The summed E-state index contributed by atoms with van der Waals surface area (Å²) in [5.41, 5.74) is -0.0227. The molecule has 0 bridgehead atoms. The minimum atomic E-state index is -0.465. The molecular formula is C20H20FN3O5. The van der Waals surface area contributed by atoms with Gasteiger partial charge in [0.1, 0.15) is 24.8 Å². The van der Waals surface area contributed by atoms with Crippen LogP contribution in [0, 0.1) is 5.82 Å². The highest BCUT2D eigenvalue weighted by Crippen LogP contribution is 2.48. The molecule has 1 saturated carbocycles. The first kappa shape index (κ1) is 17.1. The van der Waals surface area contributed by atoms with Crippen molar-refractivity contribution in [3.05, 3.63) is 40.1 Å². The van der Waals surface area contributed by atoms with E-state index in [0.29, 0.717) is 37.8 Å². The maximum absolute atomic E-state index is 14.7. The first-order chi connectivity index (χ1) is 14.1. The molecule has 0 N–H and O–H groups in total. The molecule has 1 aromatic heterocycles. The lowest BCUT2D eigenvalue weighted by molar-refractivity contribution is 0.163. The molecule has 2 aromatic rings. The Morgan fingerprint density at radius 2 is 2.17 bits per heavy atom. The Bertz CT molecular complexity index is 1050. The molecule has 1 aliphatic carbocycles. The molecular weight excluding hydrogens is 381 g/mol. The number of anilines is 1. The third kappa shape index (κ3) is 2.83.